The van der Waals surface area contributed by atoms with E-state index in [1.54, 1.807) is 0 Å². The maximum absolute atomic E-state index is 12.2. The maximum Gasteiger partial charge on any atom is 0.305 e. The van der Waals surface area contributed by atoms with Crippen LogP contribution in [0.5, 0.6) is 0 Å². The molecular weight excluding hydrogens is 242 g/mol. The fourth-order valence-electron chi connectivity index (χ4n) is 2.52. The number of Topliss-reactive ketones (excluding diaryl/α,β-unsaturated/α-hetero) is 1. The van der Waals surface area contributed by atoms with Crippen molar-refractivity contribution in [3.05, 3.63) is 30.3 Å². The van der Waals surface area contributed by atoms with Crippen molar-refractivity contribution in [2.45, 2.75) is 31.7 Å². The van der Waals surface area contributed by atoms with E-state index in [-0.39, 0.29) is 30.6 Å². The van der Waals surface area contributed by atoms with E-state index in [1.165, 1.54) is 7.11 Å². The molecule has 0 saturated carbocycles. The first-order valence-corrected chi connectivity index (χ1v) is 6.63. The minimum Gasteiger partial charge on any atom is -0.469 e. The van der Waals surface area contributed by atoms with E-state index < -0.39 is 0 Å². The Labute approximate surface area is 113 Å². The highest BCUT2D eigenvalue weighted by Crippen LogP contribution is 2.26. The Balaban J connectivity index is 1.99. The fourth-order valence-corrected chi connectivity index (χ4v) is 2.52. The molecule has 1 aliphatic heterocycles. The fraction of sp³-hybridized carbons (Fsp3) is 0.467. The van der Waals surface area contributed by atoms with Crippen molar-refractivity contribution >= 4 is 17.4 Å². The summed E-state index contributed by atoms with van der Waals surface area (Å²) in [5.41, 5.74) is 1.08. The average Bonchev–Trinajstić information content (AvgIpc) is 2.94. The quantitative estimate of drug-likeness (QED) is 0.762. The number of benzene rings is 1. The minimum atomic E-state index is -0.322. The summed E-state index contributed by atoms with van der Waals surface area (Å²) < 4.78 is 4.57. The summed E-state index contributed by atoms with van der Waals surface area (Å²) >= 11 is 0. The van der Waals surface area contributed by atoms with Crippen molar-refractivity contribution in [1.82, 2.24) is 0 Å². The molecule has 0 amide bonds. The molecule has 4 heteroatoms. The number of ketones is 1. The van der Waals surface area contributed by atoms with Crippen LogP contribution in [0.25, 0.3) is 0 Å². The molecule has 19 heavy (non-hydrogen) atoms. The number of rotatable bonds is 5. The van der Waals surface area contributed by atoms with Crippen LogP contribution in [-0.4, -0.2) is 31.4 Å². The molecule has 1 aromatic carbocycles. The highest BCUT2D eigenvalue weighted by molar-refractivity contribution is 5.90. The molecule has 1 atom stereocenters. The topological polar surface area (TPSA) is 46.6 Å². The predicted molar refractivity (Wildman–Crippen MR) is 73.1 cm³/mol. The first-order valence-electron chi connectivity index (χ1n) is 6.63. The first-order chi connectivity index (χ1) is 9.22. The summed E-state index contributed by atoms with van der Waals surface area (Å²) in [6, 6.07) is 9.87. The van der Waals surface area contributed by atoms with Crippen LogP contribution in [0.15, 0.2) is 30.3 Å². The van der Waals surface area contributed by atoms with Crippen LogP contribution in [0.3, 0.4) is 0 Å². The lowest BCUT2D eigenvalue weighted by Crippen LogP contribution is -2.36. The lowest BCUT2D eigenvalue weighted by molar-refractivity contribution is -0.142. The molecule has 1 heterocycles. The standard InChI is InChI=1S/C15H19NO3/c1-19-15(18)10-9-14(17)13-8-5-11-16(13)12-6-3-2-4-7-12/h2-4,6-7,13H,5,8-11H2,1H3. The van der Waals surface area contributed by atoms with Crippen molar-refractivity contribution in [1.29, 1.82) is 0 Å². The van der Waals surface area contributed by atoms with Gasteiger partial charge >= 0.3 is 5.97 Å². The molecule has 2 rings (SSSR count). The van der Waals surface area contributed by atoms with Gasteiger partial charge in [-0.25, -0.2) is 0 Å². The molecule has 1 aromatic rings. The van der Waals surface area contributed by atoms with Gasteiger partial charge in [-0.3, -0.25) is 9.59 Å². The minimum absolute atomic E-state index is 0.0907. The predicted octanol–water partition coefficient (Wildman–Crippen LogP) is 2.18. The number of para-hydroxylation sites is 1. The van der Waals surface area contributed by atoms with E-state index in [0.29, 0.717) is 0 Å². The zero-order valence-electron chi connectivity index (χ0n) is 11.2. The second kappa shape index (κ2) is 6.36. The highest BCUT2D eigenvalue weighted by Gasteiger charge is 2.30. The Morgan fingerprint density at radius 1 is 1.26 bits per heavy atom. The Morgan fingerprint density at radius 3 is 2.68 bits per heavy atom. The zero-order valence-corrected chi connectivity index (χ0v) is 11.2. The third-order valence-electron chi connectivity index (χ3n) is 3.52. The Bertz CT molecular complexity index is 444. The summed E-state index contributed by atoms with van der Waals surface area (Å²) in [5, 5.41) is 0. The van der Waals surface area contributed by atoms with Crippen LogP contribution >= 0.6 is 0 Å². The highest BCUT2D eigenvalue weighted by atomic mass is 16.5. The van der Waals surface area contributed by atoms with Gasteiger partial charge in [-0.05, 0) is 25.0 Å². The Morgan fingerprint density at radius 2 is 2.00 bits per heavy atom. The molecule has 1 unspecified atom stereocenters. The van der Waals surface area contributed by atoms with Gasteiger partial charge in [0.25, 0.3) is 0 Å². The Hall–Kier alpha value is -1.84. The second-order valence-electron chi connectivity index (χ2n) is 4.73. The second-order valence-corrected chi connectivity index (χ2v) is 4.73. The lowest BCUT2D eigenvalue weighted by atomic mass is 10.1. The number of anilines is 1. The molecule has 1 fully saturated rings. The summed E-state index contributed by atoms with van der Waals surface area (Å²) in [4.78, 5) is 25.4. The molecule has 102 valence electrons. The van der Waals surface area contributed by atoms with Gasteiger partial charge in [0.15, 0.2) is 5.78 Å². The van der Waals surface area contributed by atoms with Crippen LogP contribution in [0.1, 0.15) is 25.7 Å². The van der Waals surface area contributed by atoms with Crippen LogP contribution in [0.2, 0.25) is 0 Å². The van der Waals surface area contributed by atoms with E-state index in [2.05, 4.69) is 9.64 Å². The summed E-state index contributed by atoms with van der Waals surface area (Å²) in [6.07, 6.45) is 2.33. The van der Waals surface area contributed by atoms with E-state index in [9.17, 15) is 9.59 Å². The molecule has 1 saturated heterocycles. The average molecular weight is 261 g/mol. The van der Waals surface area contributed by atoms with Crippen molar-refractivity contribution in [2.75, 3.05) is 18.6 Å². The number of esters is 1. The van der Waals surface area contributed by atoms with Gasteiger partial charge in [-0.1, -0.05) is 18.2 Å². The number of carbonyl (C=O) groups excluding carboxylic acids is 2. The van der Waals surface area contributed by atoms with Gasteiger partial charge in [0.1, 0.15) is 0 Å². The molecule has 0 spiro atoms. The lowest BCUT2D eigenvalue weighted by Gasteiger charge is -2.25. The van der Waals surface area contributed by atoms with E-state index in [4.69, 9.17) is 0 Å². The molecule has 0 aromatic heterocycles. The van der Waals surface area contributed by atoms with Crippen LogP contribution in [0, 0.1) is 0 Å². The van der Waals surface area contributed by atoms with Gasteiger partial charge < -0.3 is 9.64 Å². The molecule has 4 nitrogen and oxygen atoms in total. The van der Waals surface area contributed by atoms with Gasteiger partial charge in [0.05, 0.1) is 19.6 Å². The molecule has 0 aliphatic carbocycles. The van der Waals surface area contributed by atoms with E-state index in [0.717, 1.165) is 25.1 Å². The van der Waals surface area contributed by atoms with Crippen molar-refractivity contribution in [3.8, 4) is 0 Å². The third-order valence-corrected chi connectivity index (χ3v) is 3.52. The molecular formula is C15H19NO3. The van der Waals surface area contributed by atoms with Gasteiger partial charge in [0, 0.05) is 18.7 Å². The third kappa shape index (κ3) is 3.34. The van der Waals surface area contributed by atoms with Crippen molar-refractivity contribution in [3.63, 3.8) is 0 Å². The number of carbonyl (C=O) groups is 2. The van der Waals surface area contributed by atoms with Crippen LogP contribution in [-0.2, 0) is 14.3 Å². The molecule has 1 aliphatic rings. The molecule has 0 bridgehead atoms. The SMILES string of the molecule is COC(=O)CCC(=O)C1CCCN1c1ccccc1. The number of hydrogen-bond donors (Lipinski definition) is 0. The number of nitrogens with zero attached hydrogens (tertiary/aromatic N) is 1. The van der Waals surface area contributed by atoms with E-state index in [1.807, 2.05) is 30.3 Å². The van der Waals surface area contributed by atoms with Crippen molar-refractivity contribution in [2.24, 2.45) is 0 Å². The Kier molecular flexibility index (Phi) is 4.55. The zero-order chi connectivity index (χ0) is 13.7. The monoisotopic (exact) mass is 261 g/mol. The smallest absolute Gasteiger partial charge is 0.305 e. The number of ether oxygens (including phenoxy) is 1. The summed E-state index contributed by atoms with van der Waals surface area (Å²) in [7, 11) is 1.35. The van der Waals surface area contributed by atoms with E-state index >= 15 is 0 Å². The maximum atomic E-state index is 12.2. The van der Waals surface area contributed by atoms with Gasteiger partial charge in [0.2, 0.25) is 0 Å². The van der Waals surface area contributed by atoms with Crippen LogP contribution < -0.4 is 4.90 Å². The van der Waals surface area contributed by atoms with Crippen LogP contribution in [0.4, 0.5) is 5.69 Å². The van der Waals surface area contributed by atoms with Gasteiger partial charge in [-0.15, -0.1) is 0 Å². The largest absolute Gasteiger partial charge is 0.469 e. The summed E-state index contributed by atoms with van der Waals surface area (Å²) in [5.74, 6) is -0.190. The first kappa shape index (κ1) is 13.6. The summed E-state index contributed by atoms with van der Waals surface area (Å²) in [6.45, 7) is 0.901. The van der Waals surface area contributed by atoms with Crippen molar-refractivity contribution < 1.29 is 14.3 Å². The van der Waals surface area contributed by atoms with Gasteiger partial charge in [-0.2, -0.15) is 0 Å². The normalized spacial score (nSPS) is 18.4. The molecule has 0 radical (unpaired) electrons. The molecule has 0 N–H and O–H groups in total. The number of hydrogen-bond acceptors (Lipinski definition) is 4. The number of methoxy groups -OCH3 is 1.